The van der Waals surface area contributed by atoms with E-state index in [4.69, 9.17) is 0 Å². The van der Waals surface area contributed by atoms with Crippen molar-refractivity contribution in [2.24, 2.45) is 0 Å². The quantitative estimate of drug-likeness (QED) is 0.771. The summed E-state index contributed by atoms with van der Waals surface area (Å²) < 4.78 is 0. The Hall–Kier alpha value is -1.09. The standard InChI is InChI=1S/C15H21N3.C2H6/c1-12-3-4-14(9-16-12)17-8-2-7-15(10-17)11-18(15)13-5-6-13;1-2/h3-4,9,13H,2,5-8,10-11H2,1H3;1-2H3. The zero-order valence-corrected chi connectivity index (χ0v) is 13.1. The molecule has 0 radical (unpaired) electrons. The van der Waals surface area contributed by atoms with Gasteiger partial charge < -0.3 is 4.90 Å². The fourth-order valence-corrected chi connectivity index (χ4v) is 3.53. The van der Waals surface area contributed by atoms with Crippen molar-refractivity contribution in [1.82, 2.24) is 9.88 Å². The van der Waals surface area contributed by atoms with Crippen molar-refractivity contribution < 1.29 is 0 Å². The minimum absolute atomic E-state index is 0.532. The Kier molecular flexibility index (Phi) is 3.72. The van der Waals surface area contributed by atoms with Crippen LogP contribution in [0, 0.1) is 6.92 Å². The maximum atomic E-state index is 4.43. The van der Waals surface area contributed by atoms with Gasteiger partial charge in [-0.05, 0) is 44.7 Å². The summed E-state index contributed by atoms with van der Waals surface area (Å²) in [7, 11) is 0. The first-order valence-electron chi connectivity index (χ1n) is 8.21. The molecule has 2 saturated heterocycles. The Bertz CT molecular complexity index is 452. The van der Waals surface area contributed by atoms with Crippen LogP contribution in [0.1, 0.15) is 45.2 Å². The van der Waals surface area contributed by atoms with Crippen LogP contribution >= 0.6 is 0 Å². The van der Waals surface area contributed by atoms with Crippen LogP contribution in [0.2, 0.25) is 0 Å². The normalized spacial score (nSPS) is 31.8. The van der Waals surface area contributed by atoms with E-state index in [0.29, 0.717) is 5.54 Å². The first-order chi connectivity index (χ1) is 9.77. The number of rotatable bonds is 2. The Labute approximate surface area is 123 Å². The van der Waals surface area contributed by atoms with E-state index in [2.05, 4.69) is 33.8 Å². The summed E-state index contributed by atoms with van der Waals surface area (Å²) >= 11 is 0. The van der Waals surface area contributed by atoms with Gasteiger partial charge in [0.1, 0.15) is 0 Å². The third-order valence-corrected chi connectivity index (χ3v) is 4.77. The molecule has 4 rings (SSSR count). The van der Waals surface area contributed by atoms with Crippen LogP contribution in [0.25, 0.3) is 0 Å². The van der Waals surface area contributed by atoms with Crippen molar-refractivity contribution >= 4 is 5.69 Å². The third kappa shape index (κ3) is 2.56. The fraction of sp³-hybridized carbons (Fsp3) is 0.706. The smallest absolute Gasteiger partial charge is 0.0553 e. The number of piperidine rings is 1. The second-order valence-corrected chi connectivity index (χ2v) is 6.27. The van der Waals surface area contributed by atoms with Crippen LogP contribution in [-0.2, 0) is 0 Å². The highest BCUT2D eigenvalue weighted by Gasteiger charge is 2.58. The summed E-state index contributed by atoms with van der Waals surface area (Å²) in [6.07, 6.45) is 7.65. The summed E-state index contributed by atoms with van der Waals surface area (Å²) in [5.41, 5.74) is 2.95. The van der Waals surface area contributed by atoms with E-state index >= 15 is 0 Å². The summed E-state index contributed by atoms with van der Waals surface area (Å²) in [5.74, 6) is 0. The lowest BCUT2D eigenvalue weighted by Crippen LogP contribution is -2.43. The van der Waals surface area contributed by atoms with Gasteiger partial charge in [0.15, 0.2) is 0 Å². The molecule has 3 fully saturated rings. The van der Waals surface area contributed by atoms with Gasteiger partial charge in [-0.3, -0.25) is 9.88 Å². The van der Waals surface area contributed by atoms with Gasteiger partial charge in [0.25, 0.3) is 0 Å². The molecule has 0 bridgehead atoms. The number of hydrogen-bond acceptors (Lipinski definition) is 3. The molecule has 0 amide bonds. The van der Waals surface area contributed by atoms with E-state index in [1.165, 1.54) is 51.0 Å². The van der Waals surface area contributed by atoms with Crippen LogP contribution < -0.4 is 4.90 Å². The lowest BCUT2D eigenvalue weighted by Gasteiger charge is -2.35. The molecule has 110 valence electrons. The summed E-state index contributed by atoms with van der Waals surface area (Å²) in [6, 6.07) is 5.29. The Balaban J connectivity index is 0.000000581. The SMILES string of the molecule is CC.Cc1ccc(N2CCCC3(C2)CN3C2CC2)cn1. The molecule has 20 heavy (non-hydrogen) atoms. The van der Waals surface area contributed by atoms with Gasteiger partial charge in [0.05, 0.1) is 17.4 Å². The van der Waals surface area contributed by atoms with Crippen LogP contribution in [0.4, 0.5) is 5.69 Å². The lowest BCUT2D eigenvalue weighted by atomic mass is 9.97. The molecule has 3 aliphatic rings. The Morgan fingerprint density at radius 2 is 2.00 bits per heavy atom. The minimum atomic E-state index is 0.532. The van der Waals surface area contributed by atoms with Crippen LogP contribution in [0.3, 0.4) is 0 Å². The van der Waals surface area contributed by atoms with Crippen LogP contribution in [0.15, 0.2) is 18.3 Å². The van der Waals surface area contributed by atoms with Crippen molar-refractivity contribution in [2.45, 2.75) is 58.0 Å². The zero-order chi connectivity index (χ0) is 14.2. The van der Waals surface area contributed by atoms with Gasteiger partial charge in [0, 0.05) is 31.4 Å². The molecule has 1 aromatic rings. The molecule has 1 aliphatic carbocycles. The predicted octanol–water partition coefficient (Wildman–Crippen LogP) is 3.23. The summed E-state index contributed by atoms with van der Waals surface area (Å²) in [4.78, 5) is 9.72. The molecule has 0 N–H and O–H groups in total. The molecule has 3 heterocycles. The minimum Gasteiger partial charge on any atom is -0.368 e. The maximum absolute atomic E-state index is 4.43. The number of aromatic nitrogens is 1. The molecule has 1 saturated carbocycles. The molecule has 3 heteroatoms. The zero-order valence-electron chi connectivity index (χ0n) is 13.1. The highest BCUT2D eigenvalue weighted by molar-refractivity contribution is 5.46. The average Bonchev–Trinajstić information content (AvgIpc) is 3.39. The molecule has 0 aromatic carbocycles. The van der Waals surface area contributed by atoms with E-state index in [9.17, 15) is 0 Å². The van der Waals surface area contributed by atoms with Gasteiger partial charge in [-0.15, -0.1) is 0 Å². The molecule has 3 nitrogen and oxygen atoms in total. The van der Waals surface area contributed by atoms with Crippen molar-refractivity contribution in [3.63, 3.8) is 0 Å². The van der Waals surface area contributed by atoms with E-state index in [0.717, 1.165) is 11.7 Å². The summed E-state index contributed by atoms with van der Waals surface area (Å²) in [5, 5.41) is 0. The monoisotopic (exact) mass is 273 g/mol. The predicted molar refractivity (Wildman–Crippen MR) is 84.2 cm³/mol. The number of anilines is 1. The van der Waals surface area contributed by atoms with E-state index < -0.39 is 0 Å². The topological polar surface area (TPSA) is 19.1 Å². The molecule has 2 unspecified atom stereocenters. The lowest BCUT2D eigenvalue weighted by molar-refractivity contribution is 0.343. The fourth-order valence-electron chi connectivity index (χ4n) is 3.53. The van der Waals surface area contributed by atoms with Gasteiger partial charge in [-0.1, -0.05) is 13.8 Å². The van der Waals surface area contributed by atoms with Gasteiger partial charge in [0.2, 0.25) is 0 Å². The first kappa shape index (κ1) is 13.9. The molecule has 2 atom stereocenters. The highest BCUT2D eigenvalue weighted by atomic mass is 15.4. The second-order valence-electron chi connectivity index (χ2n) is 6.27. The Morgan fingerprint density at radius 3 is 2.65 bits per heavy atom. The second kappa shape index (κ2) is 5.36. The van der Waals surface area contributed by atoms with Crippen molar-refractivity contribution in [3.05, 3.63) is 24.0 Å². The molecular weight excluding hydrogens is 246 g/mol. The number of nitrogens with zero attached hydrogens (tertiary/aromatic N) is 3. The van der Waals surface area contributed by atoms with Gasteiger partial charge >= 0.3 is 0 Å². The number of hydrogen-bond donors (Lipinski definition) is 0. The average molecular weight is 273 g/mol. The van der Waals surface area contributed by atoms with E-state index in [1.807, 2.05) is 20.0 Å². The third-order valence-electron chi connectivity index (χ3n) is 4.77. The van der Waals surface area contributed by atoms with Crippen LogP contribution in [-0.4, -0.2) is 41.1 Å². The Morgan fingerprint density at radius 1 is 1.20 bits per heavy atom. The van der Waals surface area contributed by atoms with Crippen molar-refractivity contribution in [3.8, 4) is 0 Å². The highest BCUT2D eigenvalue weighted by Crippen LogP contribution is 2.48. The van der Waals surface area contributed by atoms with Crippen LogP contribution in [0.5, 0.6) is 0 Å². The van der Waals surface area contributed by atoms with E-state index in [-0.39, 0.29) is 0 Å². The molecular formula is C17H27N3. The first-order valence-corrected chi connectivity index (χ1v) is 8.21. The maximum Gasteiger partial charge on any atom is 0.0553 e. The largest absolute Gasteiger partial charge is 0.368 e. The molecule has 2 aliphatic heterocycles. The molecule has 1 aromatic heterocycles. The van der Waals surface area contributed by atoms with Crippen molar-refractivity contribution in [1.29, 1.82) is 0 Å². The number of pyridine rings is 1. The molecule has 1 spiro atoms. The van der Waals surface area contributed by atoms with Crippen molar-refractivity contribution in [2.75, 3.05) is 24.5 Å². The van der Waals surface area contributed by atoms with E-state index in [1.54, 1.807) is 0 Å². The van der Waals surface area contributed by atoms with Gasteiger partial charge in [-0.25, -0.2) is 0 Å². The van der Waals surface area contributed by atoms with Gasteiger partial charge in [-0.2, -0.15) is 0 Å². The number of aryl methyl sites for hydroxylation is 1. The summed E-state index contributed by atoms with van der Waals surface area (Å²) in [6.45, 7) is 9.81.